The van der Waals surface area contributed by atoms with Gasteiger partial charge in [-0.05, 0) is 37.1 Å². The van der Waals surface area contributed by atoms with E-state index in [1.54, 1.807) is 39.0 Å². The maximum absolute atomic E-state index is 14.1. The Morgan fingerprint density at radius 1 is 0.672 bits per heavy atom. The SMILES string of the molecule is C[N+](C)(C)CCOP(=O)(OCCCCCCCCCCCCCCCCCC[O-])c1ccc(NC(=O)CCC(C(=O)O)N2CCN(CC(=O)O)CCN(CC(=O)O)CC2)cc1. The molecular weight excluding hydrogens is 805 g/mol. The first-order chi connectivity index (χ1) is 29.1. The van der Waals surface area contributed by atoms with Crippen LogP contribution in [-0.4, -0.2) is 164 Å². The topological polar surface area (TPSA) is 209 Å². The van der Waals surface area contributed by atoms with E-state index in [0.29, 0.717) is 41.7 Å². The number of carbonyl (C=O) groups excluding carboxylic acids is 1. The summed E-state index contributed by atoms with van der Waals surface area (Å²) in [7, 11) is 2.41. The van der Waals surface area contributed by atoms with Crippen LogP contribution in [0.3, 0.4) is 0 Å². The highest BCUT2D eigenvalue weighted by Gasteiger charge is 2.30. The Morgan fingerprint density at radius 3 is 1.52 bits per heavy atom. The summed E-state index contributed by atoms with van der Waals surface area (Å²) < 4.78 is 26.7. The zero-order chi connectivity index (χ0) is 44.9. The number of nitrogens with zero attached hydrogens (tertiary/aromatic N) is 4. The average Bonchev–Trinajstić information content (AvgIpc) is 3.27. The van der Waals surface area contributed by atoms with Crippen LogP contribution >= 0.6 is 7.60 Å². The molecule has 17 heteroatoms. The predicted octanol–water partition coefficient (Wildman–Crippen LogP) is 5.11. The number of quaternary nitrogens is 1. The molecule has 1 aromatic carbocycles. The van der Waals surface area contributed by atoms with Gasteiger partial charge in [-0.1, -0.05) is 96.3 Å². The standard InChI is InChI=1S/C44H78N5O11P/c1-49(2,3)32-35-60-61(58,59-34-19-17-15-13-11-9-7-5-4-6-8-10-12-14-16-18-33-50)39-22-20-38(21-23-39)45-41(51)25-24-40(44(56)57)48-30-28-46(36-42(52)53)26-27-47(29-31-48)37-43(54)55/h20-23,40H,4-19,24-37H2,1-3H3,(H,45,51)(H,52,53)(H,54,55)(H,56,57). The van der Waals surface area contributed by atoms with Gasteiger partial charge < -0.3 is 34.7 Å². The molecule has 1 heterocycles. The molecule has 0 saturated carbocycles. The molecule has 2 atom stereocenters. The predicted molar refractivity (Wildman–Crippen MR) is 236 cm³/mol. The lowest BCUT2D eigenvalue weighted by atomic mass is 10.0. The van der Waals surface area contributed by atoms with Crippen molar-refractivity contribution < 1.29 is 57.7 Å². The minimum atomic E-state index is -3.67. The molecule has 350 valence electrons. The van der Waals surface area contributed by atoms with E-state index in [0.717, 1.165) is 32.1 Å². The number of likely N-dealkylation sites (N-methyl/N-ethyl adjacent to an activating group) is 1. The molecule has 1 aliphatic rings. The van der Waals surface area contributed by atoms with E-state index >= 15 is 0 Å². The largest absolute Gasteiger partial charge is 0.854 e. The highest BCUT2D eigenvalue weighted by molar-refractivity contribution is 7.62. The van der Waals surface area contributed by atoms with Crippen LogP contribution in [0.2, 0.25) is 0 Å². The van der Waals surface area contributed by atoms with Crippen molar-refractivity contribution in [3.8, 4) is 0 Å². The third kappa shape index (κ3) is 25.7. The molecule has 2 unspecified atom stereocenters. The zero-order valence-electron chi connectivity index (χ0n) is 37.4. The summed E-state index contributed by atoms with van der Waals surface area (Å²) >= 11 is 0. The fourth-order valence-corrected chi connectivity index (χ4v) is 8.91. The van der Waals surface area contributed by atoms with Gasteiger partial charge in [0.1, 0.15) is 19.2 Å². The molecule has 4 N–H and O–H groups in total. The molecule has 0 spiro atoms. The second kappa shape index (κ2) is 31.0. The molecule has 0 aromatic heterocycles. The number of nitrogens with one attached hydrogen (secondary N) is 1. The molecular formula is C44H78N5O11P. The fourth-order valence-electron chi connectivity index (χ4n) is 7.33. The van der Waals surface area contributed by atoms with E-state index in [1.807, 2.05) is 21.1 Å². The number of amides is 1. The number of hydrogen-bond acceptors (Lipinski definition) is 11. The maximum atomic E-state index is 14.1. The monoisotopic (exact) mass is 884 g/mol. The van der Waals surface area contributed by atoms with Crippen molar-refractivity contribution >= 4 is 42.4 Å². The normalized spacial score (nSPS) is 16.3. The van der Waals surface area contributed by atoms with Crippen molar-refractivity contribution in [2.75, 3.05) is 105 Å². The van der Waals surface area contributed by atoms with Gasteiger partial charge in [0.15, 0.2) is 0 Å². The van der Waals surface area contributed by atoms with Crippen LogP contribution in [0, 0.1) is 0 Å². The smallest absolute Gasteiger partial charge is 0.361 e. The number of benzene rings is 1. The molecule has 61 heavy (non-hydrogen) atoms. The summed E-state index contributed by atoms with van der Waals surface area (Å²) in [4.78, 5) is 53.3. The van der Waals surface area contributed by atoms with Gasteiger partial charge in [-0.25, -0.2) is 0 Å². The highest BCUT2D eigenvalue weighted by Crippen LogP contribution is 2.47. The first-order valence-electron chi connectivity index (χ1n) is 22.6. The fraction of sp³-hybridized carbons (Fsp3) is 0.773. The third-order valence-corrected chi connectivity index (χ3v) is 13.0. The molecule has 2 rings (SSSR count). The number of unbranched alkanes of at least 4 members (excludes halogenated alkanes) is 15. The van der Waals surface area contributed by atoms with Gasteiger partial charge in [0.05, 0.1) is 46.1 Å². The van der Waals surface area contributed by atoms with Crippen LogP contribution < -0.4 is 15.7 Å². The second-order valence-electron chi connectivity index (χ2n) is 17.4. The maximum Gasteiger partial charge on any atom is 0.361 e. The lowest BCUT2D eigenvalue weighted by molar-refractivity contribution is -0.870. The molecule has 1 amide bonds. The average molecular weight is 884 g/mol. The Balaban J connectivity index is 1.86. The quantitative estimate of drug-likeness (QED) is 0.0403. The van der Waals surface area contributed by atoms with E-state index in [2.05, 4.69) is 5.32 Å². The molecule has 1 aliphatic heterocycles. The summed E-state index contributed by atoms with van der Waals surface area (Å²) in [5.74, 6) is -3.60. The van der Waals surface area contributed by atoms with E-state index in [4.69, 9.17) is 9.05 Å². The molecule has 0 bridgehead atoms. The Bertz CT molecular complexity index is 1420. The molecule has 16 nitrogen and oxygen atoms in total. The number of carboxylic acids is 3. The highest BCUT2D eigenvalue weighted by atomic mass is 31.2. The number of carbonyl (C=O) groups is 4. The second-order valence-corrected chi connectivity index (χ2v) is 19.4. The number of aliphatic carboxylic acids is 3. The number of hydrogen-bond donors (Lipinski definition) is 4. The molecule has 0 aliphatic carbocycles. The van der Waals surface area contributed by atoms with Crippen molar-refractivity contribution in [3.05, 3.63) is 24.3 Å². The van der Waals surface area contributed by atoms with Crippen LogP contribution in [0.5, 0.6) is 0 Å². The van der Waals surface area contributed by atoms with E-state index in [-0.39, 0.29) is 65.3 Å². The minimum Gasteiger partial charge on any atom is -0.854 e. The van der Waals surface area contributed by atoms with Crippen LogP contribution in [0.25, 0.3) is 0 Å². The van der Waals surface area contributed by atoms with Gasteiger partial charge in [-0.2, -0.15) is 0 Å². The van der Waals surface area contributed by atoms with Crippen molar-refractivity contribution in [1.29, 1.82) is 0 Å². The van der Waals surface area contributed by atoms with Crippen molar-refractivity contribution in [1.82, 2.24) is 14.7 Å². The summed E-state index contributed by atoms with van der Waals surface area (Å²) in [6.45, 7) is 2.39. The molecule has 1 aromatic rings. The van der Waals surface area contributed by atoms with Gasteiger partial charge in [0.25, 0.3) is 0 Å². The minimum absolute atomic E-state index is 0.0202. The third-order valence-electron chi connectivity index (χ3n) is 11.0. The number of rotatable bonds is 34. The van der Waals surface area contributed by atoms with Crippen LogP contribution in [0.1, 0.15) is 116 Å². The first kappa shape index (κ1) is 54.2. The van der Waals surface area contributed by atoms with Gasteiger partial charge in [0, 0.05) is 51.4 Å². The van der Waals surface area contributed by atoms with Gasteiger partial charge in [0.2, 0.25) is 5.91 Å². The Hall–Kier alpha value is -2.95. The van der Waals surface area contributed by atoms with Gasteiger partial charge in [-0.3, -0.25) is 43.0 Å². The molecule has 1 fully saturated rings. The lowest BCUT2D eigenvalue weighted by Gasteiger charge is -2.30. The van der Waals surface area contributed by atoms with E-state index < -0.39 is 37.5 Å². The van der Waals surface area contributed by atoms with Crippen molar-refractivity contribution in [3.63, 3.8) is 0 Å². The van der Waals surface area contributed by atoms with E-state index in [1.165, 1.54) is 70.6 Å². The number of carboxylic acid groups (broad SMARTS) is 3. The van der Waals surface area contributed by atoms with Crippen molar-refractivity contribution in [2.45, 2.75) is 122 Å². The Labute approximate surface area is 365 Å². The van der Waals surface area contributed by atoms with Crippen molar-refractivity contribution in [2.24, 2.45) is 0 Å². The van der Waals surface area contributed by atoms with E-state index in [9.17, 15) is 44.2 Å². The van der Waals surface area contributed by atoms with Crippen LogP contribution in [0.15, 0.2) is 24.3 Å². The summed E-state index contributed by atoms with van der Waals surface area (Å²) in [6.07, 6.45) is 18.5. The first-order valence-corrected chi connectivity index (χ1v) is 24.2. The number of anilines is 1. The Morgan fingerprint density at radius 2 is 1.10 bits per heavy atom. The summed E-state index contributed by atoms with van der Waals surface area (Å²) in [6, 6.07) is 5.44. The summed E-state index contributed by atoms with van der Waals surface area (Å²) in [5.41, 5.74) is 0.439. The van der Waals surface area contributed by atoms with Gasteiger partial charge >= 0.3 is 25.5 Å². The summed E-state index contributed by atoms with van der Waals surface area (Å²) in [5, 5.41) is 42.5. The lowest BCUT2D eigenvalue weighted by Crippen LogP contribution is -2.47. The van der Waals surface area contributed by atoms with Crippen LogP contribution in [-0.2, 0) is 32.8 Å². The van der Waals surface area contributed by atoms with Gasteiger partial charge in [-0.15, -0.1) is 6.61 Å². The molecule has 1 saturated heterocycles. The zero-order valence-corrected chi connectivity index (χ0v) is 38.3. The van der Waals surface area contributed by atoms with Crippen LogP contribution in [0.4, 0.5) is 5.69 Å². The molecule has 0 radical (unpaired) electrons. The Kier molecular flexibility index (Phi) is 27.5.